The standard InChI is InChI=1S/C11H17NO3/c1-15-8-11(14)7-12-6-9-2-4-10(13)5-3-9/h2-5,11-14H,6-8H2,1H3. The molecule has 1 aromatic carbocycles. The SMILES string of the molecule is COCC(O)CNCc1ccc(O)cc1. The maximum atomic E-state index is 9.34. The number of methoxy groups -OCH3 is 1. The zero-order chi connectivity index (χ0) is 11.1. The average molecular weight is 211 g/mol. The molecule has 84 valence electrons. The first-order valence-corrected chi connectivity index (χ1v) is 4.88. The molecule has 0 aromatic heterocycles. The van der Waals surface area contributed by atoms with Gasteiger partial charge in [0.25, 0.3) is 0 Å². The van der Waals surface area contributed by atoms with Crippen molar-refractivity contribution in [1.82, 2.24) is 5.32 Å². The lowest BCUT2D eigenvalue weighted by Gasteiger charge is -2.10. The van der Waals surface area contributed by atoms with E-state index in [4.69, 9.17) is 9.84 Å². The van der Waals surface area contributed by atoms with Crippen LogP contribution in [0.15, 0.2) is 24.3 Å². The monoisotopic (exact) mass is 211 g/mol. The molecule has 1 unspecified atom stereocenters. The second-order valence-electron chi connectivity index (χ2n) is 3.41. The minimum Gasteiger partial charge on any atom is -0.508 e. The van der Waals surface area contributed by atoms with Gasteiger partial charge in [-0.25, -0.2) is 0 Å². The number of benzene rings is 1. The molecule has 4 nitrogen and oxygen atoms in total. The zero-order valence-corrected chi connectivity index (χ0v) is 8.81. The van der Waals surface area contributed by atoms with E-state index >= 15 is 0 Å². The molecule has 0 aliphatic rings. The number of nitrogens with one attached hydrogen (secondary N) is 1. The van der Waals surface area contributed by atoms with Crippen LogP contribution in [0.4, 0.5) is 0 Å². The van der Waals surface area contributed by atoms with Crippen molar-refractivity contribution >= 4 is 0 Å². The molecule has 3 N–H and O–H groups in total. The number of phenolic OH excluding ortho intramolecular Hbond substituents is 1. The van der Waals surface area contributed by atoms with E-state index < -0.39 is 6.10 Å². The van der Waals surface area contributed by atoms with Gasteiger partial charge in [-0.1, -0.05) is 12.1 Å². The van der Waals surface area contributed by atoms with Crippen LogP contribution in [-0.2, 0) is 11.3 Å². The summed E-state index contributed by atoms with van der Waals surface area (Å²) in [6, 6.07) is 6.96. The molecule has 1 atom stereocenters. The second-order valence-corrected chi connectivity index (χ2v) is 3.41. The first-order valence-electron chi connectivity index (χ1n) is 4.88. The highest BCUT2D eigenvalue weighted by molar-refractivity contribution is 5.25. The molecule has 4 heteroatoms. The number of phenols is 1. The van der Waals surface area contributed by atoms with Crippen molar-refractivity contribution in [2.75, 3.05) is 20.3 Å². The summed E-state index contributed by atoms with van der Waals surface area (Å²) < 4.78 is 4.80. The number of aliphatic hydroxyl groups excluding tert-OH is 1. The Morgan fingerprint density at radius 1 is 1.33 bits per heavy atom. The Morgan fingerprint density at radius 2 is 2.00 bits per heavy atom. The third kappa shape index (κ3) is 4.78. The molecule has 0 radical (unpaired) electrons. The molecule has 15 heavy (non-hydrogen) atoms. The van der Waals surface area contributed by atoms with Crippen molar-refractivity contribution in [3.8, 4) is 5.75 Å². The zero-order valence-electron chi connectivity index (χ0n) is 8.81. The van der Waals surface area contributed by atoms with Crippen molar-refractivity contribution in [1.29, 1.82) is 0 Å². The Balaban J connectivity index is 2.22. The molecule has 1 aromatic rings. The fourth-order valence-electron chi connectivity index (χ4n) is 1.25. The van der Waals surface area contributed by atoms with Crippen LogP contribution in [0, 0.1) is 0 Å². The topological polar surface area (TPSA) is 61.7 Å². The van der Waals surface area contributed by atoms with E-state index in [1.165, 1.54) is 0 Å². The molecule has 0 fully saturated rings. The van der Waals surface area contributed by atoms with Crippen molar-refractivity contribution < 1.29 is 14.9 Å². The Bertz CT molecular complexity index is 274. The van der Waals surface area contributed by atoms with Crippen LogP contribution in [0.1, 0.15) is 5.56 Å². The van der Waals surface area contributed by atoms with E-state index in [0.717, 1.165) is 5.56 Å². The number of ether oxygens (including phenoxy) is 1. The van der Waals surface area contributed by atoms with E-state index in [0.29, 0.717) is 19.7 Å². The molecule has 0 saturated carbocycles. The molecule has 0 amide bonds. The minimum atomic E-state index is -0.480. The summed E-state index contributed by atoms with van der Waals surface area (Å²) in [6.45, 7) is 1.50. The highest BCUT2D eigenvalue weighted by Crippen LogP contribution is 2.08. The fraction of sp³-hybridized carbons (Fsp3) is 0.455. The first-order chi connectivity index (χ1) is 7.22. The van der Waals surface area contributed by atoms with Gasteiger partial charge in [0.1, 0.15) is 5.75 Å². The minimum absolute atomic E-state index is 0.262. The van der Waals surface area contributed by atoms with Crippen molar-refractivity contribution in [3.63, 3.8) is 0 Å². The summed E-state index contributed by atoms with van der Waals surface area (Å²) in [5, 5.41) is 21.5. The highest BCUT2D eigenvalue weighted by Gasteiger charge is 2.01. The Kier molecular flexibility index (Phi) is 5.10. The Labute approximate surface area is 89.5 Å². The molecule has 0 aliphatic carbocycles. The highest BCUT2D eigenvalue weighted by atomic mass is 16.5. The Hall–Kier alpha value is -1.10. The van der Waals surface area contributed by atoms with Gasteiger partial charge in [-0.3, -0.25) is 0 Å². The summed E-state index contributed by atoms with van der Waals surface area (Å²) in [6.07, 6.45) is -0.480. The van der Waals surface area contributed by atoms with Crippen molar-refractivity contribution in [2.24, 2.45) is 0 Å². The smallest absolute Gasteiger partial charge is 0.115 e. The molecule has 1 rings (SSSR count). The molecule has 0 saturated heterocycles. The van der Waals surface area contributed by atoms with E-state index in [-0.39, 0.29) is 5.75 Å². The summed E-state index contributed by atoms with van der Waals surface area (Å²) in [4.78, 5) is 0. The van der Waals surface area contributed by atoms with Gasteiger partial charge in [-0.05, 0) is 17.7 Å². The van der Waals surface area contributed by atoms with E-state index in [2.05, 4.69) is 5.32 Å². The van der Waals surface area contributed by atoms with E-state index in [9.17, 15) is 5.11 Å². The van der Waals surface area contributed by atoms with E-state index in [1.807, 2.05) is 12.1 Å². The van der Waals surface area contributed by atoms with Gasteiger partial charge in [-0.15, -0.1) is 0 Å². The van der Waals surface area contributed by atoms with Gasteiger partial charge in [0.2, 0.25) is 0 Å². The number of rotatable bonds is 6. The number of aromatic hydroxyl groups is 1. The Morgan fingerprint density at radius 3 is 2.60 bits per heavy atom. The van der Waals surface area contributed by atoms with Gasteiger partial charge in [0.05, 0.1) is 12.7 Å². The van der Waals surface area contributed by atoms with Crippen molar-refractivity contribution in [3.05, 3.63) is 29.8 Å². The summed E-state index contributed by atoms with van der Waals surface area (Å²) >= 11 is 0. The third-order valence-corrected chi connectivity index (χ3v) is 2.00. The summed E-state index contributed by atoms with van der Waals surface area (Å²) in [5.74, 6) is 0.262. The lowest BCUT2D eigenvalue weighted by molar-refractivity contribution is 0.0644. The van der Waals surface area contributed by atoms with Crippen LogP contribution in [0.2, 0.25) is 0 Å². The predicted molar refractivity (Wildman–Crippen MR) is 57.7 cm³/mol. The summed E-state index contributed by atoms with van der Waals surface area (Å²) in [7, 11) is 1.56. The van der Waals surface area contributed by atoms with Gasteiger partial charge in [-0.2, -0.15) is 0 Å². The van der Waals surface area contributed by atoms with Gasteiger partial charge >= 0.3 is 0 Å². The van der Waals surface area contributed by atoms with Gasteiger partial charge in [0, 0.05) is 20.2 Å². The van der Waals surface area contributed by atoms with Gasteiger partial charge in [0.15, 0.2) is 0 Å². The van der Waals surface area contributed by atoms with Gasteiger partial charge < -0.3 is 20.3 Å². The van der Waals surface area contributed by atoms with Crippen LogP contribution in [0.25, 0.3) is 0 Å². The summed E-state index contributed by atoms with van der Waals surface area (Å²) in [5.41, 5.74) is 1.07. The maximum absolute atomic E-state index is 9.34. The molecule has 0 spiro atoms. The lowest BCUT2D eigenvalue weighted by Crippen LogP contribution is -2.29. The molecule has 0 aliphatic heterocycles. The largest absolute Gasteiger partial charge is 0.508 e. The van der Waals surface area contributed by atoms with Crippen LogP contribution in [-0.4, -0.2) is 36.6 Å². The van der Waals surface area contributed by atoms with Crippen LogP contribution < -0.4 is 5.32 Å². The number of hydrogen-bond donors (Lipinski definition) is 3. The molecule has 0 bridgehead atoms. The van der Waals surface area contributed by atoms with Crippen LogP contribution in [0.5, 0.6) is 5.75 Å². The maximum Gasteiger partial charge on any atom is 0.115 e. The fourth-order valence-corrected chi connectivity index (χ4v) is 1.25. The van der Waals surface area contributed by atoms with Crippen LogP contribution in [0.3, 0.4) is 0 Å². The number of aliphatic hydroxyl groups is 1. The average Bonchev–Trinajstić information content (AvgIpc) is 2.21. The van der Waals surface area contributed by atoms with Crippen molar-refractivity contribution in [2.45, 2.75) is 12.6 Å². The lowest BCUT2D eigenvalue weighted by atomic mass is 10.2. The third-order valence-electron chi connectivity index (χ3n) is 2.00. The first kappa shape index (κ1) is 12.0. The molecular weight excluding hydrogens is 194 g/mol. The predicted octanol–water partition coefficient (Wildman–Crippen LogP) is 0.489. The molecule has 0 heterocycles. The molecular formula is C11H17NO3. The normalized spacial score (nSPS) is 12.7. The van der Waals surface area contributed by atoms with E-state index in [1.54, 1.807) is 19.2 Å². The van der Waals surface area contributed by atoms with Crippen LogP contribution >= 0.6 is 0 Å². The number of hydrogen-bond acceptors (Lipinski definition) is 4. The quantitative estimate of drug-likeness (QED) is 0.641. The second kappa shape index (κ2) is 6.40.